The molecule has 2 aromatic carbocycles. The standard InChI is InChI=1S/C18H13ClO3/c1-21-16-8-4-13(5-9-16)17-11-14(18(20)22-17)10-12-2-6-15(19)7-3-12/h2-11H,1H3/b14-10-. The summed E-state index contributed by atoms with van der Waals surface area (Å²) in [5.41, 5.74) is 2.23. The summed E-state index contributed by atoms with van der Waals surface area (Å²) in [5.74, 6) is 0.930. The zero-order chi connectivity index (χ0) is 15.5. The molecule has 0 radical (unpaired) electrons. The Kier molecular flexibility index (Phi) is 3.98. The highest BCUT2D eigenvalue weighted by Gasteiger charge is 2.21. The van der Waals surface area contributed by atoms with E-state index >= 15 is 0 Å². The quantitative estimate of drug-likeness (QED) is 0.625. The molecule has 1 aliphatic heterocycles. The van der Waals surface area contributed by atoms with Gasteiger partial charge in [0.05, 0.1) is 12.7 Å². The van der Waals surface area contributed by atoms with Crippen molar-refractivity contribution in [1.82, 2.24) is 0 Å². The molecule has 0 spiro atoms. The largest absolute Gasteiger partial charge is 0.497 e. The molecule has 0 saturated carbocycles. The first-order valence-electron chi connectivity index (χ1n) is 6.71. The van der Waals surface area contributed by atoms with Gasteiger partial charge in [-0.05, 0) is 54.1 Å². The number of ether oxygens (including phenoxy) is 2. The molecule has 1 heterocycles. The lowest BCUT2D eigenvalue weighted by atomic mass is 10.1. The first-order chi connectivity index (χ1) is 10.7. The number of hydrogen-bond acceptors (Lipinski definition) is 3. The number of cyclic esters (lactones) is 1. The van der Waals surface area contributed by atoms with Crippen molar-refractivity contribution in [1.29, 1.82) is 0 Å². The van der Waals surface area contributed by atoms with Crippen LogP contribution in [-0.2, 0) is 9.53 Å². The van der Waals surface area contributed by atoms with Crippen LogP contribution in [0.1, 0.15) is 11.1 Å². The number of benzene rings is 2. The summed E-state index contributed by atoms with van der Waals surface area (Å²) in [4.78, 5) is 12.0. The number of methoxy groups -OCH3 is 1. The van der Waals surface area contributed by atoms with Gasteiger partial charge >= 0.3 is 5.97 Å². The van der Waals surface area contributed by atoms with Crippen LogP contribution in [-0.4, -0.2) is 13.1 Å². The second-order valence-corrected chi connectivity index (χ2v) is 5.21. The van der Waals surface area contributed by atoms with Crippen LogP contribution in [0.4, 0.5) is 0 Å². The molecule has 0 aliphatic carbocycles. The lowest BCUT2D eigenvalue weighted by Gasteiger charge is -2.03. The van der Waals surface area contributed by atoms with E-state index in [2.05, 4.69) is 0 Å². The molecular weight excluding hydrogens is 300 g/mol. The van der Waals surface area contributed by atoms with E-state index in [0.717, 1.165) is 16.9 Å². The maximum atomic E-state index is 12.0. The molecule has 0 aromatic heterocycles. The van der Waals surface area contributed by atoms with Gasteiger partial charge < -0.3 is 9.47 Å². The summed E-state index contributed by atoms with van der Waals surface area (Å²) in [5, 5.41) is 0.658. The van der Waals surface area contributed by atoms with Gasteiger partial charge in [0.1, 0.15) is 11.5 Å². The van der Waals surface area contributed by atoms with Crippen molar-refractivity contribution in [2.45, 2.75) is 0 Å². The lowest BCUT2D eigenvalue weighted by Crippen LogP contribution is -1.97. The predicted molar refractivity (Wildman–Crippen MR) is 86.5 cm³/mol. The van der Waals surface area contributed by atoms with Crippen LogP contribution in [0.3, 0.4) is 0 Å². The van der Waals surface area contributed by atoms with Gasteiger partial charge in [0.25, 0.3) is 0 Å². The third-order valence-electron chi connectivity index (χ3n) is 3.29. The van der Waals surface area contributed by atoms with E-state index in [9.17, 15) is 4.79 Å². The van der Waals surface area contributed by atoms with E-state index in [1.807, 2.05) is 36.4 Å². The molecule has 4 heteroatoms. The van der Waals surface area contributed by atoms with Gasteiger partial charge in [-0.1, -0.05) is 23.7 Å². The zero-order valence-corrected chi connectivity index (χ0v) is 12.6. The average molecular weight is 313 g/mol. The van der Waals surface area contributed by atoms with Crippen molar-refractivity contribution in [2.24, 2.45) is 0 Å². The Bertz CT molecular complexity index is 756. The fourth-order valence-electron chi connectivity index (χ4n) is 2.13. The van der Waals surface area contributed by atoms with Crippen molar-refractivity contribution < 1.29 is 14.3 Å². The minimum Gasteiger partial charge on any atom is -0.497 e. The molecule has 0 amide bonds. The Morgan fingerprint density at radius 3 is 2.36 bits per heavy atom. The van der Waals surface area contributed by atoms with Crippen LogP contribution >= 0.6 is 11.6 Å². The minimum atomic E-state index is -0.360. The van der Waals surface area contributed by atoms with E-state index in [1.165, 1.54) is 0 Å². The van der Waals surface area contributed by atoms with E-state index in [4.69, 9.17) is 21.1 Å². The Balaban J connectivity index is 1.88. The predicted octanol–water partition coefficient (Wildman–Crippen LogP) is 4.33. The Morgan fingerprint density at radius 2 is 1.73 bits per heavy atom. The van der Waals surface area contributed by atoms with E-state index < -0.39 is 0 Å². The second kappa shape index (κ2) is 6.08. The first-order valence-corrected chi connectivity index (χ1v) is 7.09. The minimum absolute atomic E-state index is 0.360. The van der Waals surface area contributed by atoms with Gasteiger partial charge in [0.2, 0.25) is 0 Å². The van der Waals surface area contributed by atoms with Crippen molar-refractivity contribution in [3.63, 3.8) is 0 Å². The fraction of sp³-hybridized carbons (Fsp3) is 0.0556. The van der Waals surface area contributed by atoms with Gasteiger partial charge in [-0.15, -0.1) is 0 Å². The molecule has 2 aromatic rings. The molecule has 0 N–H and O–H groups in total. The number of carbonyl (C=O) groups is 1. The molecule has 0 fully saturated rings. The van der Waals surface area contributed by atoms with Crippen molar-refractivity contribution in [2.75, 3.05) is 7.11 Å². The summed E-state index contributed by atoms with van der Waals surface area (Å²) in [6, 6.07) is 14.6. The lowest BCUT2D eigenvalue weighted by molar-refractivity contribution is -0.130. The van der Waals surface area contributed by atoms with Crippen LogP contribution < -0.4 is 4.74 Å². The Morgan fingerprint density at radius 1 is 1.05 bits per heavy atom. The average Bonchev–Trinajstić information content (AvgIpc) is 2.91. The van der Waals surface area contributed by atoms with Gasteiger partial charge in [-0.3, -0.25) is 0 Å². The van der Waals surface area contributed by atoms with Crippen LogP contribution in [0.25, 0.3) is 11.8 Å². The SMILES string of the molecule is COc1ccc(C2=C/C(=C/c3ccc(Cl)cc3)C(=O)O2)cc1. The van der Waals surface area contributed by atoms with Gasteiger partial charge in [0, 0.05) is 10.6 Å². The van der Waals surface area contributed by atoms with Gasteiger partial charge in [0.15, 0.2) is 0 Å². The summed E-state index contributed by atoms with van der Waals surface area (Å²) in [7, 11) is 1.61. The van der Waals surface area contributed by atoms with Crippen LogP contribution in [0, 0.1) is 0 Å². The molecule has 0 atom stereocenters. The molecule has 22 heavy (non-hydrogen) atoms. The molecule has 110 valence electrons. The number of esters is 1. The number of rotatable bonds is 3. The summed E-state index contributed by atoms with van der Waals surface area (Å²) in [6.07, 6.45) is 3.51. The van der Waals surface area contributed by atoms with Gasteiger partial charge in [-0.2, -0.15) is 0 Å². The van der Waals surface area contributed by atoms with Crippen LogP contribution in [0.2, 0.25) is 5.02 Å². The third kappa shape index (κ3) is 3.05. The van der Waals surface area contributed by atoms with E-state index in [-0.39, 0.29) is 5.97 Å². The van der Waals surface area contributed by atoms with Crippen molar-refractivity contribution >= 4 is 29.4 Å². The third-order valence-corrected chi connectivity index (χ3v) is 3.54. The molecule has 3 nitrogen and oxygen atoms in total. The van der Waals surface area contributed by atoms with Crippen molar-refractivity contribution in [3.8, 4) is 5.75 Å². The Hall–Kier alpha value is -2.52. The summed E-state index contributed by atoms with van der Waals surface area (Å²) >= 11 is 5.85. The molecule has 0 unspecified atom stereocenters. The van der Waals surface area contributed by atoms with Gasteiger partial charge in [-0.25, -0.2) is 4.79 Å². The highest BCUT2D eigenvalue weighted by Crippen LogP contribution is 2.28. The molecule has 0 bridgehead atoms. The normalized spacial score (nSPS) is 15.6. The van der Waals surface area contributed by atoms with E-state index in [0.29, 0.717) is 16.4 Å². The monoisotopic (exact) mass is 312 g/mol. The highest BCUT2D eigenvalue weighted by atomic mass is 35.5. The summed E-state index contributed by atoms with van der Waals surface area (Å²) < 4.78 is 10.4. The summed E-state index contributed by atoms with van der Waals surface area (Å²) in [6.45, 7) is 0. The number of halogens is 1. The maximum absolute atomic E-state index is 12.0. The Labute approximate surface area is 133 Å². The molecule has 1 aliphatic rings. The highest BCUT2D eigenvalue weighted by molar-refractivity contribution is 6.30. The first kappa shape index (κ1) is 14.4. The van der Waals surface area contributed by atoms with Crippen molar-refractivity contribution in [3.05, 3.63) is 76.3 Å². The molecule has 0 saturated heterocycles. The zero-order valence-electron chi connectivity index (χ0n) is 11.9. The fourth-order valence-corrected chi connectivity index (χ4v) is 2.25. The number of hydrogen-bond donors (Lipinski definition) is 0. The smallest absolute Gasteiger partial charge is 0.343 e. The number of carbonyl (C=O) groups excluding carboxylic acids is 1. The van der Waals surface area contributed by atoms with Crippen LogP contribution in [0.5, 0.6) is 5.75 Å². The second-order valence-electron chi connectivity index (χ2n) is 4.78. The molecule has 3 rings (SSSR count). The topological polar surface area (TPSA) is 35.5 Å². The maximum Gasteiger partial charge on any atom is 0.343 e. The van der Waals surface area contributed by atoms with E-state index in [1.54, 1.807) is 31.4 Å². The van der Waals surface area contributed by atoms with Crippen LogP contribution in [0.15, 0.2) is 60.2 Å². The molecular formula is C18H13ClO3.